The van der Waals surface area contributed by atoms with Crippen LogP contribution in [-0.4, -0.2) is 22.2 Å². The molecule has 96 valence electrons. The standard InChI is InChI=1S/C14H16O4/c1-8(2)9-3-5-10(6-4-9)14(13(17)18)7-11(14)12(15)16/h3-6,8,11H,7H2,1-2H3,(H,15,16)(H,17,18)/t11-,14+/m1/s1. The zero-order chi connectivity index (χ0) is 13.5. The number of hydrogen-bond donors (Lipinski definition) is 2. The average Bonchev–Trinajstić information content (AvgIpc) is 3.05. The predicted octanol–water partition coefficient (Wildman–Crippen LogP) is 2.24. The quantitative estimate of drug-likeness (QED) is 0.856. The van der Waals surface area contributed by atoms with Crippen molar-refractivity contribution in [3.8, 4) is 0 Å². The van der Waals surface area contributed by atoms with Crippen LogP contribution in [0.3, 0.4) is 0 Å². The van der Waals surface area contributed by atoms with E-state index in [0.29, 0.717) is 11.5 Å². The topological polar surface area (TPSA) is 74.6 Å². The van der Waals surface area contributed by atoms with Gasteiger partial charge in [0.2, 0.25) is 0 Å². The number of carboxylic acids is 2. The van der Waals surface area contributed by atoms with Gasteiger partial charge in [-0.25, -0.2) is 0 Å². The summed E-state index contributed by atoms with van der Waals surface area (Å²) in [5.41, 5.74) is 0.486. The minimum atomic E-state index is -1.22. The zero-order valence-corrected chi connectivity index (χ0v) is 10.4. The number of carboxylic acid groups (broad SMARTS) is 2. The maximum Gasteiger partial charge on any atom is 0.315 e. The van der Waals surface area contributed by atoms with E-state index in [2.05, 4.69) is 13.8 Å². The Balaban J connectivity index is 2.35. The van der Waals surface area contributed by atoms with E-state index in [0.717, 1.165) is 5.56 Å². The molecule has 2 rings (SSSR count). The smallest absolute Gasteiger partial charge is 0.315 e. The predicted molar refractivity (Wildman–Crippen MR) is 65.6 cm³/mol. The van der Waals surface area contributed by atoms with Crippen molar-refractivity contribution in [1.82, 2.24) is 0 Å². The third-order valence-electron chi connectivity index (χ3n) is 3.73. The summed E-state index contributed by atoms with van der Waals surface area (Å²) in [5.74, 6) is -2.52. The maximum atomic E-state index is 11.4. The van der Waals surface area contributed by atoms with Gasteiger partial charge in [0.25, 0.3) is 0 Å². The zero-order valence-electron chi connectivity index (χ0n) is 10.4. The van der Waals surface area contributed by atoms with E-state index in [-0.39, 0.29) is 6.42 Å². The molecule has 0 heterocycles. The first kappa shape index (κ1) is 12.6. The van der Waals surface area contributed by atoms with Gasteiger partial charge in [-0.2, -0.15) is 0 Å². The first-order valence-electron chi connectivity index (χ1n) is 5.96. The van der Waals surface area contributed by atoms with Crippen LogP contribution in [0.1, 0.15) is 37.3 Å². The molecule has 0 bridgehead atoms. The summed E-state index contributed by atoms with van der Waals surface area (Å²) >= 11 is 0. The average molecular weight is 248 g/mol. The molecule has 1 aromatic rings. The number of benzene rings is 1. The SMILES string of the molecule is CC(C)c1ccc([C@@]2(C(=O)O)C[C@@H]2C(=O)O)cc1. The minimum absolute atomic E-state index is 0.179. The Bertz CT molecular complexity index is 489. The van der Waals surface area contributed by atoms with Gasteiger partial charge >= 0.3 is 11.9 Å². The lowest BCUT2D eigenvalue weighted by atomic mass is 9.91. The van der Waals surface area contributed by atoms with E-state index in [1.165, 1.54) is 0 Å². The van der Waals surface area contributed by atoms with Gasteiger partial charge in [-0.1, -0.05) is 38.1 Å². The van der Waals surface area contributed by atoms with Crippen LogP contribution in [0.4, 0.5) is 0 Å². The van der Waals surface area contributed by atoms with Gasteiger partial charge in [0.05, 0.1) is 5.92 Å². The van der Waals surface area contributed by atoms with Crippen molar-refractivity contribution in [3.05, 3.63) is 35.4 Å². The van der Waals surface area contributed by atoms with Gasteiger partial charge in [0, 0.05) is 0 Å². The van der Waals surface area contributed by atoms with E-state index < -0.39 is 23.3 Å². The Morgan fingerprint density at radius 1 is 1.22 bits per heavy atom. The third kappa shape index (κ3) is 1.78. The Morgan fingerprint density at radius 3 is 2.11 bits per heavy atom. The molecule has 1 aromatic carbocycles. The summed E-state index contributed by atoms with van der Waals surface area (Å²) in [6.07, 6.45) is 0.179. The molecule has 0 aromatic heterocycles. The molecule has 0 amide bonds. The molecule has 0 aliphatic heterocycles. The van der Waals surface area contributed by atoms with Crippen molar-refractivity contribution in [1.29, 1.82) is 0 Å². The summed E-state index contributed by atoms with van der Waals surface area (Å²) in [5, 5.41) is 18.3. The van der Waals surface area contributed by atoms with Crippen molar-refractivity contribution in [3.63, 3.8) is 0 Å². The monoisotopic (exact) mass is 248 g/mol. The van der Waals surface area contributed by atoms with Gasteiger partial charge in [0.1, 0.15) is 5.41 Å². The van der Waals surface area contributed by atoms with E-state index in [9.17, 15) is 14.7 Å². The van der Waals surface area contributed by atoms with Gasteiger partial charge in [-0.3, -0.25) is 9.59 Å². The Labute approximate surface area is 105 Å². The fourth-order valence-electron chi connectivity index (χ4n) is 2.41. The van der Waals surface area contributed by atoms with Crippen LogP contribution in [0.5, 0.6) is 0 Å². The Morgan fingerprint density at radius 2 is 1.78 bits per heavy atom. The fraction of sp³-hybridized carbons (Fsp3) is 0.429. The molecule has 18 heavy (non-hydrogen) atoms. The maximum absolute atomic E-state index is 11.4. The molecule has 4 nitrogen and oxygen atoms in total. The second kappa shape index (κ2) is 4.12. The molecule has 2 atom stereocenters. The van der Waals surface area contributed by atoms with Crippen molar-refractivity contribution >= 4 is 11.9 Å². The lowest BCUT2D eigenvalue weighted by molar-refractivity contribution is -0.145. The summed E-state index contributed by atoms with van der Waals surface area (Å²) in [6.45, 7) is 4.11. The fourth-order valence-corrected chi connectivity index (χ4v) is 2.41. The van der Waals surface area contributed by atoms with Gasteiger partial charge < -0.3 is 10.2 Å². The first-order chi connectivity index (χ1) is 8.39. The second-order valence-electron chi connectivity index (χ2n) is 5.15. The summed E-state index contributed by atoms with van der Waals surface area (Å²) < 4.78 is 0. The third-order valence-corrected chi connectivity index (χ3v) is 3.73. The highest BCUT2D eigenvalue weighted by atomic mass is 16.4. The number of rotatable bonds is 4. The molecule has 0 spiro atoms. The van der Waals surface area contributed by atoms with Crippen LogP contribution in [-0.2, 0) is 15.0 Å². The van der Waals surface area contributed by atoms with E-state index in [1.54, 1.807) is 12.1 Å². The van der Waals surface area contributed by atoms with Crippen molar-refractivity contribution in [2.24, 2.45) is 5.92 Å². The van der Waals surface area contributed by atoms with Crippen LogP contribution in [0.2, 0.25) is 0 Å². The van der Waals surface area contributed by atoms with Gasteiger partial charge in [0.15, 0.2) is 0 Å². The van der Waals surface area contributed by atoms with Gasteiger partial charge in [-0.05, 0) is 23.5 Å². The largest absolute Gasteiger partial charge is 0.481 e. The molecule has 2 N–H and O–H groups in total. The Kier molecular flexibility index (Phi) is 2.89. The van der Waals surface area contributed by atoms with Crippen molar-refractivity contribution in [2.75, 3.05) is 0 Å². The Hall–Kier alpha value is -1.84. The molecule has 0 unspecified atom stereocenters. The van der Waals surface area contributed by atoms with E-state index >= 15 is 0 Å². The van der Waals surface area contributed by atoms with Crippen LogP contribution >= 0.6 is 0 Å². The summed E-state index contributed by atoms with van der Waals surface area (Å²) in [7, 11) is 0. The number of aliphatic carboxylic acids is 2. The summed E-state index contributed by atoms with van der Waals surface area (Å²) in [6, 6.07) is 7.24. The number of carbonyl (C=O) groups is 2. The van der Waals surface area contributed by atoms with Crippen LogP contribution in [0, 0.1) is 5.92 Å². The van der Waals surface area contributed by atoms with E-state index in [1.807, 2.05) is 12.1 Å². The first-order valence-corrected chi connectivity index (χ1v) is 5.96. The number of hydrogen-bond acceptors (Lipinski definition) is 2. The molecular formula is C14H16O4. The van der Waals surface area contributed by atoms with Crippen LogP contribution in [0.25, 0.3) is 0 Å². The van der Waals surface area contributed by atoms with Gasteiger partial charge in [-0.15, -0.1) is 0 Å². The van der Waals surface area contributed by atoms with Crippen molar-refractivity contribution in [2.45, 2.75) is 31.6 Å². The molecule has 0 radical (unpaired) electrons. The van der Waals surface area contributed by atoms with Crippen LogP contribution < -0.4 is 0 Å². The molecule has 1 aliphatic carbocycles. The second-order valence-corrected chi connectivity index (χ2v) is 5.15. The molecule has 1 fully saturated rings. The lowest BCUT2D eigenvalue weighted by Crippen LogP contribution is -2.25. The summed E-state index contributed by atoms with van der Waals surface area (Å²) in [4.78, 5) is 22.3. The van der Waals surface area contributed by atoms with E-state index in [4.69, 9.17) is 5.11 Å². The molecule has 1 aliphatic rings. The molecule has 1 saturated carbocycles. The highest BCUT2D eigenvalue weighted by molar-refractivity contribution is 5.94. The minimum Gasteiger partial charge on any atom is -0.481 e. The lowest BCUT2D eigenvalue weighted by Gasteiger charge is -2.13. The highest BCUT2D eigenvalue weighted by Gasteiger charge is 2.65. The van der Waals surface area contributed by atoms with Crippen molar-refractivity contribution < 1.29 is 19.8 Å². The highest BCUT2D eigenvalue weighted by Crippen LogP contribution is 2.54. The normalized spacial score (nSPS) is 26.1. The molecule has 0 saturated heterocycles. The van der Waals surface area contributed by atoms with Crippen LogP contribution in [0.15, 0.2) is 24.3 Å². The molecule has 4 heteroatoms. The molecular weight excluding hydrogens is 232 g/mol.